The maximum absolute atomic E-state index is 11.2. The van der Waals surface area contributed by atoms with Gasteiger partial charge in [-0.2, -0.15) is 5.10 Å². The molecule has 0 amide bonds. The Morgan fingerprint density at radius 3 is 2.84 bits per heavy atom. The van der Waals surface area contributed by atoms with Crippen LogP contribution in [0.4, 0.5) is 5.69 Å². The highest BCUT2D eigenvalue weighted by Gasteiger charge is 2.08. The summed E-state index contributed by atoms with van der Waals surface area (Å²) in [6.07, 6.45) is 0. The molecule has 1 N–H and O–H groups in total. The Kier molecular flexibility index (Phi) is 6.92. The van der Waals surface area contributed by atoms with Gasteiger partial charge < -0.3 is 9.47 Å². The van der Waals surface area contributed by atoms with Gasteiger partial charge in [0.05, 0.1) is 18.9 Å². The smallest absolute Gasteiger partial charge is 0.370 e. The van der Waals surface area contributed by atoms with E-state index in [9.17, 15) is 4.79 Å². The first kappa shape index (κ1) is 15.5. The van der Waals surface area contributed by atoms with Gasteiger partial charge in [0, 0.05) is 6.61 Å². The number of halogens is 1. The summed E-state index contributed by atoms with van der Waals surface area (Å²) in [7, 11) is 0. The van der Waals surface area contributed by atoms with Crippen LogP contribution in [0.1, 0.15) is 19.4 Å². The molecule has 0 spiro atoms. The van der Waals surface area contributed by atoms with Gasteiger partial charge in [0.2, 0.25) is 5.17 Å². The number of nitrogens with one attached hydrogen (secondary N) is 1. The average molecular weight is 285 g/mol. The molecule has 0 aliphatic rings. The standard InChI is InChI=1S/C13H17ClN2O3/c1-3-18-9-10-6-5-7-11(8-10)15-16-12(14)13(17)19-4-2/h5-8,15H,3-4,9H2,1-2H3/b16-12-. The molecule has 0 aliphatic carbocycles. The number of rotatable bonds is 7. The van der Waals surface area contributed by atoms with E-state index in [4.69, 9.17) is 21.1 Å². The second kappa shape index (κ2) is 8.50. The Labute approximate surface area is 117 Å². The van der Waals surface area contributed by atoms with Crippen LogP contribution in [0.5, 0.6) is 0 Å². The monoisotopic (exact) mass is 284 g/mol. The topological polar surface area (TPSA) is 59.9 Å². The van der Waals surface area contributed by atoms with E-state index in [1.165, 1.54) is 0 Å². The predicted molar refractivity (Wildman–Crippen MR) is 75.3 cm³/mol. The molecule has 0 aromatic heterocycles. The Morgan fingerprint density at radius 2 is 2.16 bits per heavy atom. The van der Waals surface area contributed by atoms with Crippen molar-refractivity contribution >= 4 is 28.4 Å². The van der Waals surface area contributed by atoms with Crippen molar-refractivity contribution in [3.8, 4) is 0 Å². The second-order valence-corrected chi connectivity index (χ2v) is 3.93. The van der Waals surface area contributed by atoms with Crippen LogP contribution in [-0.4, -0.2) is 24.4 Å². The summed E-state index contributed by atoms with van der Waals surface area (Å²) in [4.78, 5) is 11.2. The first-order valence-electron chi connectivity index (χ1n) is 6.00. The van der Waals surface area contributed by atoms with E-state index < -0.39 is 5.97 Å². The largest absolute Gasteiger partial charge is 0.461 e. The number of esters is 1. The maximum Gasteiger partial charge on any atom is 0.370 e. The molecule has 0 saturated carbocycles. The number of nitrogens with zero attached hydrogens (tertiary/aromatic N) is 1. The number of anilines is 1. The van der Waals surface area contributed by atoms with Crippen molar-refractivity contribution in [1.29, 1.82) is 0 Å². The third-order valence-corrected chi connectivity index (χ3v) is 2.37. The lowest BCUT2D eigenvalue weighted by Crippen LogP contribution is -2.13. The summed E-state index contributed by atoms with van der Waals surface area (Å²) in [5.41, 5.74) is 4.43. The van der Waals surface area contributed by atoms with Gasteiger partial charge in [-0.3, -0.25) is 5.43 Å². The summed E-state index contributed by atoms with van der Waals surface area (Å²) in [6, 6.07) is 7.49. The Hall–Kier alpha value is -1.59. The maximum atomic E-state index is 11.2. The molecule has 0 atom stereocenters. The molecular weight excluding hydrogens is 268 g/mol. The fourth-order valence-corrected chi connectivity index (χ4v) is 1.40. The van der Waals surface area contributed by atoms with Crippen molar-refractivity contribution in [2.75, 3.05) is 18.6 Å². The second-order valence-electron chi connectivity index (χ2n) is 3.57. The fourth-order valence-electron chi connectivity index (χ4n) is 1.30. The minimum Gasteiger partial charge on any atom is -0.461 e. The molecule has 0 radical (unpaired) electrons. The average Bonchev–Trinajstić information content (AvgIpc) is 2.43. The lowest BCUT2D eigenvalue weighted by atomic mass is 10.2. The Morgan fingerprint density at radius 1 is 1.37 bits per heavy atom. The first-order chi connectivity index (χ1) is 9.17. The zero-order valence-electron chi connectivity index (χ0n) is 11.0. The number of ether oxygens (including phenoxy) is 2. The van der Waals surface area contributed by atoms with Crippen LogP contribution in [0.3, 0.4) is 0 Å². The van der Waals surface area contributed by atoms with Gasteiger partial charge in [0.1, 0.15) is 0 Å². The van der Waals surface area contributed by atoms with Crippen molar-refractivity contribution in [2.24, 2.45) is 5.10 Å². The van der Waals surface area contributed by atoms with E-state index >= 15 is 0 Å². The lowest BCUT2D eigenvalue weighted by molar-refractivity contribution is -0.134. The number of benzene rings is 1. The molecule has 1 aromatic rings. The van der Waals surface area contributed by atoms with Gasteiger partial charge in [-0.15, -0.1) is 0 Å². The fraction of sp³-hybridized carbons (Fsp3) is 0.385. The molecule has 0 bridgehead atoms. The predicted octanol–water partition coefficient (Wildman–Crippen LogP) is 2.75. The van der Waals surface area contributed by atoms with E-state index in [1.807, 2.05) is 31.2 Å². The van der Waals surface area contributed by atoms with Gasteiger partial charge in [0.25, 0.3) is 0 Å². The van der Waals surface area contributed by atoms with Gasteiger partial charge in [-0.25, -0.2) is 4.79 Å². The minimum atomic E-state index is -0.651. The van der Waals surface area contributed by atoms with Crippen molar-refractivity contribution in [2.45, 2.75) is 20.5 Å². The third-order valence-electron chi connectivity index (χ3n) is 2.13. The molecule has 104 valence electrons. The zero-order chi connectivity index (χ0) is 14.1. The van der Waals surface area contributed by atoms with Gasteiger partial charge in [-0.1, -0.05) is 23.7 Å². The first-order valence-corrected chi connectivity index (χ1v) is 6.38. The molecule has 0 fully saturated rings. The molecule has 1 aromatic carbocycles. The molecule has 0 saturated heterocycles. The summed E-state index contributed by atoms with van der Waals surface area (Å²) in [5, 5.41) is 3.51. The van der Waals surface area contributed by atoms with Crippen molar-refractivity contribution in [3.63, 3.8) is 0 Å². The van der Waals surface area contributed by atoms with Crippen LogP contribution >= 0.6 is 11.6 Å². The van der Waals surface area contributed by atoms with E-state index in [0.717, 1.165) is 11.3 Å². The summed E-state index contributed by atoms with van der Waals surface area (Å²) >= 11 is 5.67. The molecule has 0 aliphatic heterocycles. The Balaban J connectivity index is 2.61. The van der Waals surface area contributed by atoms with E-state index in [0.29, 0.717) is 13.2 Å². The van der Waals surface area contributed by atoms with Crippen LogP contribution in [0.2, 0.25) is 0 Å². The summed E-state index contributed by atoms with van der Waals surface area (Å²) in [5.74, 6) is -0.651. The number of hydrogen-bond acceptors (Lipinski definition) is 5. The quantitative estimate of drug-likeness (QED) is 0.475. The number of carbonyl (C=O) groups is 1. The highest BCUT2D eigenvalue weighted by molar-refractivity contribution is 6.82. The number of carbonyl (C=O) groups excluding carboxylic acids is 1. The lowest BCUT2D eigenvalue weighted by Gasteiger charge is -2.05. The molecule has 1 rings (SSSR count). The highest BCUT2D eigenvalue weighted by Crippen LogP contribution is 2.11. The normalized spacial score (nSPS) is 11.2. The van der Waals surface area contributed by atoms with Crippen molar-refractivity contribution in [3.05, 3.63) is 29.8 Å². The highest BCUT2D eigenvalue weighted by atomic mass is 35.5. The molecule has 0 unspecified atom stereocenters. The van der Waals surface area contributed by atoms with E-state index in [-0.39, 0.29) is 11.8 Å². The summed E-state index contributed by atoms with van der Waals surface area (Å²) < 4.78 is 10.0. The third kappa shape index (κ3) is 5.72. The van der Waals surface area contributed by atoms with Crippen molar-refractivity contribution < 1.29 is 14.3 Å². The molecule has 19 heavy (non-hydrogen) atoms. The molecule has 5 nitrogen and oxygen atoms in total. The minimum absolute atomic E-state index is 0.239. The molecular formula is C13H17ClN2O3. The summed E-state index contributed by atoms with van der Waals surface area (Å²) in [6.45, 7) is 5.08. The van der Waals surface area contributed by atoms with Gasteiger partial charge >= 0.3 is 5.97 Å². The Bertz CT molecular complexity index is 449. The van der Waals surface area contributed by atoms with Gasteiger partial charge in [-0.05, 0) is 31.5 Å². The SMILES string of the molecule is CCOCc1cccc(N/N=C(\Cl)C(=O)OCC)c1. The van der Waals surface area contributed by atoms with E-state index in [2.05, 4.69) is 10.5 Å². The van der Waals surface area contributed by atoms with Crippen molar-refractivity contribution in [1.82, 2.24) is 0 Å². The molecule has 6 heteroatoms. The van der Waals surface area contributed by atoms with Crippen LogP contribution in [0.25, 0.3) is 0 Å². The zero-order valence-corrected chi connectivity index (χ0v) is 11.7. The molecule has 0 heterocycles. The van der Waals surface area contributed by atoms with Crippen LogP contribution in [-0.2, 0) is 20.9 Å². The van der Waals surface area contributed by atoms with E-state index in [1.54, 1.807) is 6.92 Å². The van der Waals surface area contributed by atoms with Crippen LogP contribution in [0.15, 0.2) is 29.4 Å². The van der Waals surface area contributed by atoms with Crippen LogP contribution < -0.4 is 5.43 Å². The number of hydrazone groups is 1. The van der Waals surface area contributed by atoms with Gasteiger partial charge in [0.15, 0.2) is 0 Å². The number of hydrogen-bond donors (Lipinski definition) is 1. The van der Waals surface area contributed by atoms with Crippen LogP contribution in [0, 0.1) is 0 Å².